The van der Waals surface area contributed by atoms with E-state index in [1.54, 1.807) is 0 Å². The van der Waals surface area contributed by atoms with Gasteiger partial charge in [-0.3, -0.25) is 0 Å². The van der Waals surface area contributed by atoms with Gasteiger partial charge in [0.15, 0.2) is 0 Å². The second kappa shape index (κ2) is 6.10. The van der Waals surface area contributed by atoms with Crippen molar-refractivity contribution in [2.45, 2.75) is 45.1 Å². The first kappa shape index (κ1) is 13.2. The van der Waals surface area contributed by atoms with Crippen LogP contribution in [0.5, 0.6) is 0 Å². The maximum Gasteiger partial charge on any atom is 0.0606 e. The van der Waals surface area contributed by atoms with Crippen molar-refractivity contribution in [3.8, 4) is 0 Å². The predicted octanol–water partition coefficient (Wildman–Crippen LogP) is 2.71. The summed E-state index contributed by atoms with van der Waals surface area (Å²) in [4.78, 5) is 2.31. The molecule has 0 bridgehead atoms. The van der Waals surface area contributed by atoms with Gasteiger partial charge in [0, 0.05) is 12.6 Å². The zero-order chi connectivity index (χ0) is 13.0. The van der Waals surface area contributed by atoms with Crippen molar-refractivity contribution in [3.05, 3.63) is 23.8 Å². The smallest absolute Gasteiger partial charge is 0.0606 e. The van der Waals surface area contributed by atoms with Gasteiger partial charge in [0.1, 0.15) is 0 Å². The van der Waals surface area contributed by atoms with E-state index in [2.05, 4.69) is 17.9 Å². The predicted molar refractivity (Wildman–Crippen MR) is 76.9 cm³/mol. The molecule has 0 heterocycles. The highest BCUT2D eigenvalue weighted by Crippen LogP contribution is 2.31. The first-order valence-corrected chi connectivity index (χ1v) is 6.96. The fourth-order valence-electron chi connectivity index (χ4n) is 2.90. The number of benzene rings is 1. The summed E-state index contributed by atoms with van der Waals surface area (Å²) < 4.78 is 0. The number of aliphatic hydroxyl groups excluding tert-OH is 1. The Morgan fingerprint density at radius 3 is 2.67 bits per heavy atom. The van der Waals surface area contributed by atoms with Crippen LogP contribution in [0.1, 0.15) is 37.7 Å². The minimum atomic E-state index is 0.184. The fourth-order valence-corrected chi connectivity index (χ4v) is 2.90. The van der Waals surface area contributed by atoms with Gasteiger partial charge in [-0.25, -0.2) is 0 Å². The molecule has 0 spiro atoms. The van der Waals surface area contributed by atoms with Gasteiger partial charge >= 0.3 is 0 Å². The van der Waals surface area contributed by atoms with Crippen LogP contribution in [0.3, 0.4) is 0 Å². The lowest BCUT2D eigenvalue weighted by Crippen LogP contribution is -2.39. The third kappa shape index (κ3) is 2.96. The molecule has 1 aliphatic carbocycles. The molecule has 0 aromatic heterocycles. The van der Waals surface area contributed by atoms with E-state index in [1.165, 1.54) is 37.7 Å². The Labute approximate surface area is 110 Å². The van der Waals surface area contributed by atoms with Crippen LogP contribution in [0.4, 0.5) is 11.4 Å². The van der Waals surface area contributed by atoms with Crippen molar-refractivity contribution in [2.24, 2.45) is 0 Å². The highest BCUT2D eigenvalue weighted by molar-refractivity contribution is 5.69. The highest BCUT2D eigenvalue weighted by atomic mass is 16.3. The molecule has 0 radical (unpaired) electrons. The quantitative estimate of drug-likeness (QED) is 0.805. The lowest BCUT2D eigenvalue weighted by atomic mass is 9.93. The molecule has 3 heteroatoms. The lowest BCUT2D eigenvalue weighted by molar-refractivity contribution is 0.290. The van der Waals surface area contributed by atoms with Gasteiger partial charge in [0.2, 0.25) is 0 Å². The van der Waals surface area contributed by atoms with E-state index in [4.69, 9.17) is 5.73 Å². The Morgan fingerprint density at radius 1 is 1.28 bits per heavy atom. The maximum absolute atomic E-state index is 9.31. The molecule has 0 saturated heterocycles. The highest BCUT2D eigenvalue weighted by Gasteiger charge is 2.22. The molecule has 1 fully saturated rings. The number of aryl methyl sites for hydroxylation is 1. The summed E-state index contributed by atoms with van der Waals surface area (Å²) in [7, 11) is 0. The molecule has 1 saturated carbocycles. The third-order valence-electron chi connectivity index (χ3n) is 3.85. The summed E-state index contributed by atoms with van der Waals surface area (Å²) in [5, 5.41) is 9.31. The topological polar surface area (TPSA) is 49.5 Å². The fraction of sp³-hybridized carbons (Fsp3) is 0.600. The van der Waals surface area contributed by atoms with Crippen LogP contribution in [-0.2, 0) is 0 Å². The van der Waals surface area contributed by atoms with E-state index in [1.807, 2.05) is 12.1 Å². The maximum atomic E-state index is 9.31. The number of aliphatic hydroxyl groups is 1. The molecule has 0 atom stereocenters. The van der Waals surface area contributed by atoms with Gasteiger partial charge in [0.05, 0.1) is 18.0 Å². The lowest BCUT2D eigenvalue weighted by Gasteiger charge is -2.36. The number of nitrogens with zero attached hydrogens (tertiary/aromatic N) is 1. The Morgan fingerprint density at radius 2 is 2.00 bits per heavy atom. The van der Waals surface area contributed by atoms with Gasteiger partial charge < -0.3 is 15.7 Å². The normalized spacial score (nSPS) is 16.8. The van der Waals surface area contributed by atoms with Crippen LogP contribution >= 0.6 is 0 Å². The molecule has 1 aliphatic rings. The summed E-state index contributed by atoms with van der Waals surface area (Å²) in [5.41, 5.74) is 9.24. The van der Waals surface area contributed by atoms with Crippen LogP contribution in [0.25, 0.3) is 0 Å². The molecule has 0 aliphatic heterocycles. The van der Waals surface area contributed by atoms with Crippen LogP contribution in [0.2, 0.25) is 0 Å². The number of rotatable bonds is 4. The molecule has 3 N–H and O–H groups in total. The van der Waals surface area contributed by atoms with Crippen LogP contribution in [0.15, 0.2) is 18.2 Å². The largest absolute Gasteiger partial charge is 0.397 e. The molecule has 18 heavy (non-hydrogen) atoms. The average Bonchev–Trinajstić information content (AvgIpc) is 2.40. The average molecular weight is 248 g/mol. The summed E-state index contributed by atoms with van der Waals surface area (Å²) >= 11 is 0. The van der Waals surface area contributed by atoms with E-state index in [9.17, 15) is 5.11 Å². The minimum Gasteiger partial charge on any atom is -0.397 e. The molecule has 1 aromatic carbocycles. The van der Waals surface area contributed by atoms with Crippen molar-refractivity contribution in [2.75, 3.05) is 23.8 Å². The molecular weight excluding hydrogens is 224 g/mol. The Bertz CT molecular complexity index is 386. The second-order valence-electron chi connectivity index (χ2n) is 5.27. The monoisotopic (exact) mass is 248 g/mol. The summed E-state index contributed by atoms with van der Waals surface area (Å²) in [6, 6.07) is 6.68. The number of hydrogen-bond acceptors (Lipinski definition) is 3. The van der Waals surface area contributed by atoms with Crippen molar-refractivity contribution in [1.82, 2.24) is 0 Å². The van der Waals surface area contributed by atoms with Crippen LogP contribution < -0.4 is 10.6 Å². The van der Waals surface area contributed by atoms with E-state index in [0.717, 1.165) is 11.4 Å². The Hall–Kier alpha value is -1.22. The van der Waals surface area contributed by atoms with Crippen molar-refractivity contribution in [1.29, 1.82) is 0 Å². The molecule has 1 aromatic rings. The number of anilines is 2. The van der Waals surface area contributed by atoms with Gasteiger partial charge in [-0.05, 0) is 37.5 Å². The van der Waals surface area contributed by atoms with Crippen molar-refractivity contribution >= 4 is 11.4 Å². The van der Waals surface area contributed by atoms with Crippen LogP contribution in [0, 0.1) is 6.92 Å². The van der Waals surface area contributed by atoms with Gasteiger partial charge in [-0.2, -0.15) is 0 Å². The van der Waals surface area contributed by atoms with Gasteiger partial charge in [0.25, 0.3) is 0 Å². The Balaban J connectivity index is 2.24. The Kier molecular flexibility index (Phi) is 4.48. The standard InChI is InChI=1S/C15H24N2O/c1-12-7-8-14(16)15(11-12)17(9-10-18)13-5-3-2-4-6-13/h7-8,11,13,18H,2-6,9-10,16H2,1H3. The number of hydrogen-bond donors (Lipinski definition) is 2. The molecule has 0 unspecified atom stereocenters. The SMILES string of the molecule is Cc1ccc(N)c(N(CCO)C2CCCCC2)c1. The van der Waals surface area contributed by atoms with E-state index in [-0.39, 0.29) is 6.61 Å². The summed E-state index contributed by atoms with van der Waals surface area (Å²) in [6.07, 6.45) is 6.35. The molecule has 100 valence electrons. The van der Waals surface area contributed by atoms with Crippen molar-refractivity contribution < 1.29 is 5.11 Å². The number of nitrogens with two attached hydrogens (primary N) is 1. The van der Waals surface area contributed by atoms with E-state index in [0.29, 0.717) is 12.6 Å². The van der Waals surface area contributed by atoms with E-state index < -0.39 is 0 Å². The zero-order valence-corrected chi connectivity index (χ0v) is 11.2. The van der Waals surface area contributed by atoms with E-state index >= 15 is 0 Å². The molecule has 2 rings (SSSR count). The first-order chi connectivity index (χ1) is 8.72. The summed E-state index contributed by atoms with van der Waals surface area (Å²) in [5.74, 6) is 0. The minimum absolute atomic E-state index is 0.184. The first-order valence-electron chi connectivity index (χ1n) is 6.96. The summed E-state index contributed by atoms with van der Waals surface area (Å²) in [6.45, 7) is 2.95. The van der Waals surface area contributed by atoms with Gasteiger partial charge in [-0.15, -0.1) is 0 Å². The second-order valence-corrected chi connectivity index (χ2v) is 5.27. The van der Waals surface area contributed by atoms with Crippen LogP contribution in [-0.4, -0.2) is 24.3 Å². The molecule has 3 nitrogen and oxygen atoms in total. The molecule has 0 amide bonds. The number of nitrogen functional groups attached to an aromatic ring is 1. The zero-order valence-electron chi connectivity index (χ0n) is 11.2. The third-order valence-corrected chi connectivity index (χ3v) is 3.85. The molecular formula is C15H24N2O. The van der Waals surface area contributed by atoms with Gasteiger partial charge in [-0.1, -0.05) is 25.3 Å². The van der Waals surface area contributed by atoms with Crippen molar-refractivity contribution in [3.63, 3.8) is 0 Å².